The summed E-state index contributed by atoms with van der Waals surface area (Å²) < 4.78 is 0. The van der Waals surface area contributed by atoms with Gasteiger partial charge in [0.25, 0.3) is 0 Å². The molecule has 126 valence electrons. The average Bonchev–Trinajstić information content (AvgIpc) is 2.60. The molecule has 2 rings (SSSR count). The first kappa shape index (κ1) is 18.1. The molecule has 1 aromatic heterocycles. The summed E-state index contributed by atoms with van der Waals surface area (Å²) >= 11 is 1.08. The molecule has 0 atom stereocenters. The van der Waals surface area contributed by atoms with Crippen LogP contribution in [0.2, 0.25) is 0 Å². The Morgan fingerprint density at radius 3 is 2.48 bits per heavy atom. The van der Waals surface area contributed by atoms with Crippen molar-refractivity contribution in [2.75, 3.05) is 18.0 Å². The van der Waals surface area contributed by atoms with Crippen molar-refractivity contribution in [2.24, 2.45) is 0 Å². The van der Waals surface area contributed by atoms with Crippen LogP contribution >= 0.6 is 11.8 Å². The van der Waals surface area contributed by atoms with Crippen LogP contribution in [0.25, 0.3) is 11.1 Å². The molecule has 0 saturated carbocycles. The zero-order valence-corrected chi connectivity index (χ0v) is 14.2. The third-order valence-electron chi connectivity index (χ3n) is 3.29. The third-order valence-corrected chi connectivity index (χ3v) is 4.26. The average molecular weight is 353 g/mol. The van der Waals surface area contributed by atoms with Crippen molar-refractivity contribution in [3.8, 4) is 29.0 Å². The van der Waals surface area contributed by atoms with E-state index in [-0.39, 0.29) is 39.4 Å². The number of amides is 1. The van der Waals surface area contributed by atoms with Crippen LogP contribution in [-0.4, -0.2) is 28.3 Å². The third kappa shape index (κ3) is 4.00. The number of aromatic nitrogens is 1. The van der Waals surface area contributed by atoms with E-state index in [1.54, 1.807) is 12.1 Å². The molecular weight excluding hydrogens is 338 g/mol. The van der Waals surface area contributed by atoms with Crippen LogP contribution in [0.5, 0.6) is 5.75 Å². The highest BCUT2D eigenvalue weighted by Gasteiger charge is 2.21. The van der Waals surface area contributed by atoms with Crippen LogP contribution in [0.3, 0.4) is 0 Å². The Labute approximate surface area is 149 Å². The van der Waals surface area contributed by atoms with Crippen LogP contribution in [0.15, 0.2) is 29.3 Å². The number of nitrogens with one attached hydrogen (secondary N) is 1. The lowest BCUT2D eigenvalue weighted by molar-refractivity contribution is -0.118. The molecule has 0 bridgehead atoms. The number of benzene rings is 1. The number of thioether (sulfide) groups is 1. The Bertz CT molecular complexity index is 882. The summed E-state index contributed by atoms with van der Waals surface area (Å²) in [7, 11) is 0. The van der Waals surface area contributed by atoms with Crippen LogP contribution in [0, 0.1) is 22.7 Å². The molecule has 25 heavy (non-hydrogen) atoms. The molecule has 0 fully saturated rings. The zero-order valence-electron chi connectivity index (χ0n) is 13.4. The molecule has 4 N–H and O–H groups in total. The largest absolute Gasteiger partial charge is 0.508 e. The quantitative estimate of drug-likeness (QED) is 0.699. The van der Waals surface area contributed by atoms with Gasteiger partial charge in [0.1, 0.15) is 34.3 Å². The Balaban J connectivity index is 2.57. The Morgan fingerprint density at radius 2 is 1.92 bits per heavy atom. The molecule has 0 aliphatic carbocycles. The van der Waals surface area contributed by atoms with Gasteiger partial charge in [-0.25, -0.2) is 4.98 Å². The van der Waals surface area contributed by atoms with Gasteiger partial charge in [0, 0.05) is 12.1 Å². The highest BCUT2D eigenvalue weighted by molar-refractivity contribution is 8.00. The van der Waals surface area contributed by atoms with E-state index in [1.165, 1.54) is 12.1 Å². The minimum atomic E-state index is -0.188. The van der Waals surface area contributed by atoms with E-state index in [0.29, 0.717) is 17.7 Å². The number of phenols is 1. The Hall–Kier alpha value is -3.23. The number of hydrogen-bond donors (Lipinski definition) is 3. The van der Waals surface area contributed by atoms with Crippen LogP contribution in [0.4, 0.5) is 5.82 Å². The lowest BCUT2D eigenvalue weighted by Gasteiger charge is -2.13. The molecule has 1 heterocycles. The van der Waals surface area contributed by atoms with Gasteiger partial charge in [-0.15, -0.1) is 0 Å². The van der Waals surface area contributed by atoms with Crippen molar-refractivity contribution in [3.63, 3.8) is 0 Å². The summed E-state index contributed by atoms with van der Waals surface area (Å²) in [6.45, 7) is 2.32. The minimum absolute atomic E-state index is 0.0111. The summed E-state index contributed by atoms with van der Waals surface area (Å²) in [4.78, 5) is 15.8. The number of carbonyl (C=O) groups is 1. The number of aromatic hydroxyl groups is 1. The van der Waals surface area contributed by atoms with Crippen molar-refractivity contribution in [1.82, 2.24) is 10.3 Å². The van der Waals surface area contributed by atoms with Crippen LogP contribution in [0.1, 0.15) is 18.1 Å². The fourth-order valence-corrected chi connectivity index (χ4v) is 3.03. The van der Waals surface area contributed by atoms with E-state index >= 15 is 0 Å². The van der Waals surface area contributed by atoms with Crippen molar-refractivity contribution in [3.05, 3.63) is 35.4 Å². The first-order valence-electron chi connectivity index (χ1n) is 7.34. The highest BCUT2D eigenvalue weighted by Crippen LogP contribution is 2.36. The second-order valence-corrected chi connectivity index (χ2v) is 5.90. The molecule has 8 heteroatoms. The number of nitrogens with two attached hydrogens (primary N) is 1. The summed E-state index contributed by atoms with van der Waals surface area (Å²) in [6.07, 6.45) is 0. The number of phenolic OH excluding ortho intramolecular Hbond substituents is 1. The standard InChI is InChI=1S/C17H15N5O2S/c1-2-21-14(24)9-25-17-13(8-19)15(12(7-18)16(20)22-17)10-3-5-11(23)6-4-10/h3-6,23H,2,9H2,1H3,(H2,20,22)(H,21,24). The van der Waals surface area contributed by atoms with Crippen molar-refractivity contribution in [2.45, 2.75) is 11.9 Å². The van der Waals surface area contributed by atoms with Gasteiger partial charge in [-0.2, -0.15) is 10.5 Å². The van der Waals surface area contributed by atoms with E-state index < -0.39 is 0 Å². The van der Waals surface area contributed by atoms with E-state index in [1.807, 2.05) is 13.0 Å². The second-order valence-electron chi connectivity index (χ2n) is 4.94. The topological polar surface area (TPSA) is 136 Å². The molecule has 1 amide bonds. The normalized spacial score (nSPS) is 9.88. The molecule has 0 radical (unpaired) electrons. The number of nitrogen functional groups attached to an aromatic ring is 1. The molecule has 0 aliphatic heterocycles. The predicted molar refractivity (Wildman–Crippen MR) is 94.6 cm³/mol. The highest BCUT2D eigenvalue weighted by atomic mass is 32.2. The van der Waals surface area contributed by atoms with Gasteiger partial charge in [0.05, 0.1) is 11.3 Å². The monoisotopic (exact) mass is 353 g/mol. The van der Waals surface area contributed by atoms with Crippen molar-refractivity contribution >= 4 is 23.5 Å². The summed E-state index contributed by atoms with van der Waals surface area (Å²) in [5, 5.41) is 31.4. The summed E-state index contributed by atoms with van der Waals surface area (Å²) in [5.41, 5.74) is 7.04. The first-order valence-corrected chi connectivity index (χ1v) is 8.32. The number of anilines is 1. The SMILES string of the molecule is CCNC(=O)CSc1nc(N)c(C#N)c(-c2ccc(O)cc2)c1C#N. The Kier molecular flexibility index (Phi) is 5.83. The van der Waals surface area contributed by atoms with Gasteiger partial charge in [-0.3, -0.25) is 4.79 Å². The van der Waals surface area contributed by atoms with Gasteiger partial charge in [-0.1, -0.05) is 23.9 Å². The molecule has 0 saturated heterocycles. The number of nitriles is 2. The van der Waals surface area contributed by atoms with Crippen LogP contribution in [-0.2, 0) is 4.79 Å². The fourth-order valence-electron chi connectivity index (χ4n) is 2.20. The molecule has 2 aromatic rings. The van der Waals surface area contributed by atoms with E-state index in [0.717, 1.165) is 11.8 Å². The van der Waals surface area contributed by atoms with Crippen molar-refractivity contribution in [1.29, 1.82) is 10.5 Å². The lowest BCUT2D eigenvalue weighted by Crippen LogP contribution is -2.24. The van der Waals surface area contributed by atoms with E-state index in [4.69, 9.17) is 5.73 Å². The van der Waals surface area contributed by atoms with Gasteiger partial charge in [-0.05, 0) is 24.6 Å². The minimum Gasteiger partial charge on any atom is -0.508 e. The number of hydrogen-bond acceptors (Lipinski definition) is 7. The second kappa shape index (κ2) is 8.04. The number of carbonyl (C=O) groups excluding carboxylic acids is 1. The molecule has 7 nitrogen and oxygen atoms in total. The maximum absolute atomic E-state index is 11.7. The molecule has 1 aromatic carbocycles. The number of rotatable bonds is 5. The lowest BCUT2D eigenvalue weighted by atomic mass is 9.97. The molecular formula is C17H15N5O2S. The van der Waals surface area contributed by atoms with Gasteiger partial charge in [0.15, 0.2) is 0 Å². The fraction of sp³-hybridized carbons (Fsp3) is 0.176. The number of nitrogens with zero attached hydrogens (tertiary/aromatic N) is 3. The maximum atomic E-state index is 11.7. The molecule has 0 unspecified atom stereocenters. The molecule has 0 aliphatic rings. The molecule has 0 spiro atoms. The zero-order chi connectivity index (χ0) is 18.4. The van der Waals surface area contributed by atoms with E-state index in [9.17, 15) is 20.4 Å². The smallest absolute Gasteiger partial charge is 0.230 e. The summed E-state index contributed by atoms with van der Waals surface area (Å²) in [5.74, 6) is -0.0560. The number of pyridine rings is 1. The van der Waals surface area contributed by atoms with Gasteiger partial charge >= 0.3 is 0 Å². The maximum Gasteiger partial charge on any atom is 0.230 e. The van der Waals surface area contributed by atoms with E-state index in [2.05, 4.69) is 16.4 Å². The van der Waals surface area contributed by atoms with Crippen LogP contribution < -0.4 is 11.1 Å². The van der Waals surface area contributed by atoms with Crippen molar-refractivity contribution < 1.29 is 9.90 Å². The van der Waals surface area contributed by atoms with Gasteiger partial charge in [0.2, 0.25) is 5.91 Å². The summed E-state index contributed by atoms with van der Waals surface area (Å²) in [6, 6.07) is 10.1. The predicted octanol–water partition coefficient (Wildman–Crippen LogP) is 2.01. The van der Waals surface area contributed by atoms with Gasteiger partial charge < -0.3 is 16.2 Å². The Morgan fingerprint density at radius 1 is 1.28 bits per heavy atom. The first-order chi connectivity index (χ1) is 12.0.